The Morgan fingerprint density at radius 2 is 1.22 bits per heavy atom. The first kappa shape index (κ1) is 34.6. The summed E-state index contributed by atoms with van der Waals surface area (Å²) >= 11 is 0. The number of nitrogens with two attached hydrogens (primary N) is 2. The molecule has 4 aromatic heterocycles. The van der Waals surface area contributed by atoms with E-state index < -0.39 is 40.7 Å². The number of nitrogens with zero attached hydrogens (tertiary/aromatic N) is 7. The fourth-order valence-electron chi connectivity index (χ4n) is 7.14. The van der Waals surface area contributed by atoms with E-state index >= 15 is 0 Å². The van der Waals surface area contributed by atoms with E-state index in [4.69, 9.17) is 16.2 Å². The van der Waals surface area contributed by atoms with Crippen molar-refractivity contribution in [3.8, 4) is 22.5 Å². The molecule has 12 nitrogen and oxygen atoms in total. The van der Waals surface area contributed by atoms with Gasteiger partial charge in [-0.15, -0.1) is 0 Å². The van der Waals surface area contributed by atoms with Gasteiger partial charge in [0.25, 0.3) is 0 Å². The van der Waals surface area contributed by atoms with Crippen molar-refractivity contribution >= 4 is 17.7 Å². The third kappa shape index (κ3) is 6.22. The summed E-state index contributed by atoms with van der Waals surface area (Å²) in [6.45, 7) is 9.67. The number of alkyl halides is 6. The van der Waals surface area contributed by atoms with E-state index in [2.05, 4.69) is 25.5 Å². The third-order valence-electron chi connectivity index (χ3n) is 9.86. The summed E-state index contributed by atoms with van der Waals surface area (Å²) in [7, 11) is 0. The van der Waals surface area contributed by atoms with Crippen molar-refractivity contribution in [2.75, 3.05) is 37.6 Å². The number of pyridine rings is 2. The Bertz CT molecular complexity index is 2000. The number of likely N-dealkylation sites (tertiary alicyclic amines) is 1. The molecular weight excluding hydrogens is 682 g/mol. The zero-order valence-electron chi connectivity index (χ0n) is 28.0. The molecule has 2 fully saturated rings. The van der Waals surface area contributed by atoms with Crippen LogP contribution in [0.25, 0.3) is 22.5 Å². The molecule has 0 unspecified atom stereocenters. The van der Waals surface area contributed by atoms with Crippen LogP contribution in [0.4, 0.5) is 42.8 Å². The first-order chi connectivity index (χ1) is 23.8. The molecule has 2 spiro atoms. The molecule has 8 rings (SSSR count). The Balaban J connectivity index is 0.000000165. The van der Waals surface area contributed by atoms with Gasteiger partial charge in [0.15, 0.2) is 0 Å². The van der Waals surface area contributed by atoms with E-state index in [1.165, 1.54) is 12.4 Å². The second kappa shape index (κ2) is 11.6. The summed E-state index contributed by atoms with van der Waals surface area (Å²) in [5, 5.41) is 12.1. The molecule has 8 heterocycles. The SMILES string of the molecule is CC(C)(C)OC(=O)N1CC2(CCn3nc(-c4cnc(N)c(C(F)(F)F)c4)cc32)C1.Nc1ncc(-c2cc3n(n2)CCC32CNC2)cc1C(F)(F)F. The molecule has 4 aromatic rings. The minimum Gasteiger partial charge on any atom is -0.444 e. The number of nitrogens with one attached hydrogen (secondary N) is 1. The fraction of sp³-hybridized carbons (Fsp3) is 0.485. The molecular formula is C33H36F6N10O2. The highest BCUT2D eigenvalue weighted by Gasteiger charge is 2.52. The molecule has 51 heavy (non-hydrogen) atoms. The van der Waals surface area contributed by atoms with Crippen LogP contribution >= 0.6 is 0 Å². The van der Waals surface area contributed by atoms with Crippen LogP contribution < -0.4 is 16.8 Å². The molecule has 0 aromatic carbocycles. The number of fused-ring (bicyclic) bond motifs is 4. The standard InChI is InChI=1S/C19H22F3N5O2.C14H14F3N5/c1-17(2,3)29-16(28)26-9-18(10-26)4-5-27-14(18)7-13(25-27)11-6-12(19(20,21)22)15(23)24-8-11;15-14(16,17)9-3-8(5-20-12(9)18)10-4-11-13(6-19-7-13)1-2-22(11)21-10/h6-8H,4-5,9-10H2,1-3H3,(H2,23,24);3-5,19H,1-2,6-7H2,(H2,18,20). The zero-order valence-corrected chi connectivity index (χ0v) is 28.0. The molecule has 0 bridgehead atoms. The van der Waals surface area contributed by atoms with Gasteiger partial charge in [0.1, 0.15) is 17.2 Å². The molecule has 5 N–H and O–H groups in total. The molecule has 0 aliphatic carbocycles. The van der Waals surface area contributed by atoms with Crippen LogP contribution in [0.5, 0.6) is 0 Å². The van der Waals surface area contributed by atoms with E-state index in [0.717, 1.165) is 56.0 Å². The lowest BCUT2D eigenvalue weighted by atomic mass is 9.76. The van der Waals surface area contributed by atoms with E-state index in [9.17, 15) is 31.1 Å². The van der Waals surface area contributed by atoms with Crippen molar-refractivity contribution in [3.63, 3.8) is 0 Å². The van der Waals surface area contributed by atoms with Crippen molar-refractivity contribution in [3.05, 3.63) is 59.2 Å². The Morgan fingerprint density at radius 3 is 1.63 bits per heavy atom. The molecule has 4 aliphatic heterocycles. The van der Waals surface area contributed by atoms with Gasteiger partial charge in [-0.25, -0.2) is 14.8 Å². The second-order valence-corrected chi connectivity index (χ2v) is 14.6. The van der Waals surface area contributed by atoms with Crippen molar-refractivity contribution in [1.82, 2.24) is 39.7 Å². The number of aromatic nitrogens is 6. The van der Waals surface area contributed by atoms with Crippen molar-refractivity contribution in [2.45, 2.75) is 75.5 Å². The second-order valence-electron chi connectivity index (χ2n) is 14.6. The molecule has 272 valence electrons. The highest BCUT2D eigenvalue weighted by atomic mass is 19.4. The van der Waals surface area contributed by atoms with E-state index in [1.54, 1.807) is 15.6 Å². The fourth-order valence-corrected chi connectivity index (χ4v) is 7.14. The summed E-state index contributed by atoms with van der Waals surface area (Å²) in [6, 6.07) is 5.65. The predicted molar refractivity (Wildman–Crippen MR) is 173 cm³/mol. The van der Waals surface area contributed by atoms with Gasteiger partial charge in [-0.1, -0.05) is 0 Å². The lowest BCUT2D eigenvalue weighted by Crippen LogP contribution is -2.61. The maximum Gasteiger partial charge on any atom is 0.419 e. The number of hydrogen-bond donors (Lipinski definition) is 3. The van der Waals surface area contributed by atoms with Gasteiger partial charge in [0, 0.05) is 85.0 Å². The lowest BCUT2D eigenvalue weighted by molar-refractivity contribution is -0.137. The summed E-state index contributed by atoms with van der Waals surface area (Å²) < 4.78 is 87.3. The van der Waals surface area contributed by atoms with Gasteiger partial charge in [-0.3, -0.25) is 9.36 Å². The quantitative estimate of drug-likeness (QED) is 0.237. The Kier molecular flexibility index (Phi) is 7.85. The van der Waals surface area contributed by atoms with Gasteiger partial charge < -0.3 is 26.4 Å². The average molecular weight is 719 g/mol. The van der Waals surface area contributed by atoms with Crippen molar-refractivity contribution in [2.24, 2.45) is 0 Å². The van der Waals surface area contributed by atoms with Gasteiger partial charge in [0.05, 0.1) is 22.5 Å². The number of carbonyl (C=O) groups excluding carboxylic acids is 1. The monoisotopic (exact) mass is 718 g/mol. The van der Waals surface area contributed by atoms with Crippen LogP contribution in [0.1, 0.15) is 56.1 Å². The van der Waals surface area contributed by atoms with E-state index in [-0.39, 0.29) is 22.5 Å². The van der Waals surface area contributed by atoms with Crippen LogP contribution in [0.15, 0.2) is 36.7 Å². The zero-order chi connectivity index (χ0) is 36.7. The van der Waals surface area contributed by atoms with E-state index in [0.29, 0.717) is 36.6 Å². The largest absolute Gasteiger partial charge is 0.444 e. The number of aryl methyl sites for hydroxylation is 2. The molecule has 0 saturated carbocycles. The molecule has 2 saturated heterocycles. The minimum atomic E-state index is -4.58. The Morgan fingerprint density at radius 1 is 0.765 bits per heavy atom. The Hall–Kier alpha value is -4.87. The topological polar surface area (TPSA) is 155 Å². The maximum atomic E-state index is 13.1. The van der Waals surface area contributed by atoms with Gasteiger partial charge in [-0.2, -0.15) is 36.5 Å². The summed E-state index contributed by atoms with van der Waals surface area (Å²) in [5.41, 5.74) is 11.6. The number of rotatable bonds is 2. The molecule has 4 aliphatic rings. The number of hydrogen-bond acceptors (Lipinski definition) is 9. The molecule has 18 heteroatoms. The summed E-state index contributed by atoms with van der Waals surface area (Å²) in [5.74, 6) is -1.07. The first-order valence-corrected chi connectivity index (χ1v) is 16.3. The third-order valence-corrected chi connectivity index (χ3v) is 9.86. The number of anilines is 2. The summed E-state index contributed by atoms with van der Waals surface area (Å²) in [4.78, 5) is 21.2. The highest BCUT2D eigenvalue weighted by Crippen LogP contribution is 2.45. The number of halogens is 6. The minimum absolute atomic E-state index is 0.0966. The van der Waals surface area contributed by atoms with Crippen LogP contribution in [0, 0.1) is 0 Å². The number of ether oxygens (including phenoxy) is 1. The molecule has 1 amide bonds. The first-order valence-electron chi connectivity index (χ1n) is 16.3. The van der Waals surface area contributed by atoms with Crippen LogP contribution in [-0.4, -0.2) is 72.3 Å². The molecule has 0 radical (unpaired) electrons. The normalized spacial score (nSPS) is 18.5. The highest BCUT2D eigenvalue weighted by molar-refractivity contribution is 5.71. The average Bonchev–Trinajstić information content (AvgIpc) is 3.74. The number of amides is 1. The maximum absolute atomic E-state index is 13.1. The Labute approximate surface area is 288 Å². The van der Waals surface area contributed by atoms with E-state index in [1.807, 2.05) is 31.5 Å². The van der Waals surface area contributed by atoms with Gasteiger partial charge in [0.2, 0.25) is 0 Å². The number of nitrogen functional groups attached to an aromatic ring is 2. The van der Waals surface area contributed by atoms with Crippen LogP contribution in [0.2, 0.25) is 0 Å². The molecule has 0 atom stereocenters. The smallest absolute Gasteiger partial charge is 0.419 e. The lowest BCUT2D eigenvalue weighted by Gasteiger charge is -2.47. The predicted octanol–water partition coefficient (Wildman–Crippen LogP) is 5.23. The van der Waals surface area contributed by atoms with Crippen LogP contribution in [0.3, 0.4) is 0 Å². The number of carbonyl (C=O) groups is 1. The van der Waals surface area contributed by atoms with Gasteiger partial charge >= 0.3 is 18.4 Å². The van der Waals surface area contributed by atoms with Crippen LogP contribution in [-0.2, 0) is 41.0 Å². The van der Waals surface area contributed by atoms with Crippen molar-refractivity contribution in [1.29, 1.82) is 0 Å². The van der Waals surface area contributed by atoms with Crippen molar-refractivity contribution < 1.29 is 35.9 Å². The summed E-state index contributed by atoms with van der Waals surface area (Å²) in [6.07, 6.45) is -4.98. The van der Waals surface area contributed by atoms with Gasteiger partial charge in [-0.05, 0) is 57.9 Å².